The molecule has 0 bridgehead atoms. The van der Waals surface area contributed by atoms with Crippen molar-refractivity contribution in [2.45, 2.75) is 38.8 Å². The number of sulfone groups is 1. The summed E-state index contributed by atoms with van der Waals surface area (Å²) in [6, 6.07) is 9.22. The van der Waals surface area contributed by atoms with Gasteiger partial charge >= 0.3 is 0 Å². The van der Waals surface area contributed by atoms with Gasteiger partial charge in [-0.05, 0) is 30.5 Å². The highest BCUT2D eigenvalue weighted by Crippen LogP contribution is 2.28. The quantitative estimate of drug-likeness (QED) is 0.681. The summed E-state index contributed by atoms with van der Waals surface area (Å²) < 4.78 is 25.4. The highest BCUT2D eigenvalue weighted by molar-refractivity contribution is 7.91. The Morgan fingerprint density at radius 2 is 2.14 bits per heavy atom. The molecule has 0 saturated carbocycles. The van der Waals surface area contributed by atoms with Crippen molar-refractivity contribution in [3.05, 3.63) is 47.5 Å². The van der Waals surface area contributed by atoms with Crippen LogP contribution in [0.2, 0.25) is 0 Å². The Labute approximate surface area is 163 Å². The van der Waals surface area contributed by atoms with Crippen LogP contribution < -0.4 is 5.32 Å². The first-order chi connectivity index (χ1) is 13.3. The molecule has 1 fully saturated rings. The third kappa shape index (κ3) is 3.66. The zero-order valence-corrected chi connectivity index (χ0v) is 16.7. The predicted molar refractivity (Wildman–Crippen MR) is 106 cm³/mol. The number of para-hydroxylation sites is 2. The summed E-state index contributed by atoms with van der Waals surface area (Å²) in [5.74, 6) is 0.742. The molecule has 2 N–H and O–H groups in total. The van der Waals surface area contributed by atoms with E-state index in [9.17, 15) is 13.2 Å². The molecule has 3 heterocycles. The molecule has 1 aliphatic rings. The lowest BCUT2D eigenvalue weighted by molar-refractivity contribution is 0.0944. The second kappa shape index (κ2) is 7.05. The molecule has 0 radical (unpaired) electrons. The van der Waals surface area contributed by atoms with Crippen molar-refractivity contribution in [2.75, 3.05) is 11.5 Å². The topological polar surface area (TPSA) is 110 Å². The number of nitrogens with one attached hydrogen (secondary N) is 2. The molecule has 8 nitrogen and oxygen atoms in total. The first-order valence-corrected chi connectivity index (χ1v) is 11.2. The fourth-order valence-corrected chi connectivity index (χ4v) is 5.25. The van der Waals surface area contributed by atoms with Crippen LogP contribution in [0.3, 0.4) is 0 Å². The third-order valence-electron chi connectivity index (χ3n) is 5.00. The number of imidazole rings is 1. The molecule has 2 aromatic heterocycles. The molecule has 4 rings (SSSR count). The number of carbonyl (C=O) groups excluding carboxylic acids is 1. The van der Waals surface area contributed by atoms with E-state index >= 15 is 0 Å². The van der Waals surface area contributed by atoms with Crippen molar-refractivity contribution in [2.24, 2.45) is 0 Å². The van der Waals surface area contributed by atoms with Gasteiger partial charge in [0.1, 0.15) is 11.5 Å². The Morgan fingerprint density at radius 1 is 1.36 bits per heavy atom. The molecule has 1 saturated heterocycles. The van der Waals surface area contributed by atoms with E-state index in [2.05, 4.69) is 20.4 Å². The van der Waals surface area contributed by atoms with Crippen molar-refractivity contribution in [1.29, 1.82) is 0 Å². The number of hydrogen-bond donors (Lipinski definition) is 2. The highest BCUT2D eigenvalue weighted by atomic mass is 32.2. The van der Waals surface area contributed by atoms with Gasteiger partial charge in [0, 0.05) is 5.69 Å². The largest absolute Gasteiger partial charge is 0.343 e. The summed E-state index contributed by atoms with van der Waals surface area (Å²) in [5.41, 5.74) is 2.93. The van der Waals surface area contributed by atoms with E-state index in [1.807, 2.05) is 38.1 Å². The lowest BCUT2D eigenvalue weighted by atomic mass is 10.1. The number of fused-ring (bicyclic) bond motifs is 1. The molecule has 3 aromatic rings. The fourth-order valence-electron chi connectivity index (χ4n) is 3.56. The maximum absolute atomic E-state index is 12.6. The van der Waals surface area contributed by atoms with Gasteiger partial charge in [0.15, 0.2) is 9.84 Å². The van der Waals surface area contributed by atoms with Crippen molar-refractivity contribution >= 4 is 26.8 Å². The van der Waals surface area contributed by atoms with E-state index in [0.29, 0.717) is 17.9 Å². The number of carbonyl (C=O) groups is 1. The van der Waals surface area contributed by atoms with Crippen LogP contribution in [-0.2, 0) is 16.4 Å². The van der Waals surface area contributed by atoms with Gasteiger partial charge in [-0.3, -0.25) is 9.48 Å². The summed E-state index contributed by atoms with van der Waals surface area (Å²) >= 11 is 0. The second-order valence-electron chi connectivity index (χ2n) is 7.49. The summed E-state index contributed by atoms with van der Waals surface area (Å²) in [4.78, 5) is 20.2. The molecule has 0 spiro atoms. The van der Waals surface area contributed by atoms with E-state index in [1.165, 1.54) is 0 Å². The zero-order chi connectivity index (χ0) is 19.9. The average molecular weight is 401 g/mol. The molecule has 9 heteroatoms. The van der Waals surface area contributed by atoms with Gasteiger partial charge in [-0.1, -0.05) is 26.0 Å². The number of aromatic nitrogens is 4. The van der Waals surface area contributed by atoms with Crippen LogP contribution in [0.1, 0.15) is 54.2 Å². The number of H-pyrrole nitrogens is 1. The van der Waals surface area contributed by atoms with Crippen LogP contribution in [0.5, 0.6) is 0 Å². The monoisotopic (exact) mass is 401 g/mol. The number of amides is 1. The molecular weight excluding hydrogens is 378 g/mol. The molecule has 1 aromatic carbocycles. The second-order valence-corrected chi connectivity index (χ2v) is 9.72. The Balaban J connectivity index is 1.51. The van der Waals surface area contributed by atoms with Crippen molar-refractivity contribution in [1.82, 2.24) is 25.1 Å². The Bertz CT molecular complexity index is 1100. The van der Waals surface area contributed by atoms with Crippen LogP contribution in [0, 0.1) is 0 Å². The lowest BCUT2D eigenvalue weighted by Crippen LogP contribution is -2.24. The fraction of sp³-hybridized carbons (Fsp3) is 0.421. The lowest BCUT2D eigenvalue weighted by Gasteiger charge is -2.15. The smallest absolute Gasteiger partial charge is 0.272 e. The van der Waals surface area contributed by atoms with Gasteiger partial charge in [0.05, 0.1) is 35.1 Å². The van der Waals surface area contributed by atoms with Crippen molar-refractivity contribution in [3.63, 3.8) is 0 Å². The normalized spacial score (nSPS) is 18.8. The SMILES string of the molecule is CC(C)c1cc(C(=O)NCc2nc3ccccc3[nH]2)nn1C1CCS(=O)(=O)C1. The van der Waals surface area contributed by atoms with E-state index in [1.54, 1.807) is 10.7 Å². The zero-order valence-electron chi connectivity index (χ0n) is 15.8. The molecule has 1 unspecified atom stereocenters. The maximum atomic E-state index is 12.6. The standard InChI is InChI=1S/C19H23N5O3S/c1-12(2)17-9-16(23-24(17)13-7-8-28(26,27)11-13)19(25)20-10-18-21-14-5-3-4-6-15(14)22-18/h3-6,9,12-13H,7-8,10-11H2,1-2H3,(H,20,25)(H,21,22). The van der Waals surface area contributed by atoms with E-state index in [0.717, 1.165) is 16.7 Å². The molecule has 28 heavy (non-hydrogen) atoms. The van der Waals surface area contributed by atoms with Crippen LogP contribution in [0.4, 0.5) is 0 Å². The summed E-state index contributed by atoms with van der Waals surface area (Å²) in [5, 5.41) is 7.28. The molecule has 148 valence electrons. The number of nitrogens with zero attached hydrogens (tertiary/aromatic N) is 3. The molecular formula is C19H23N5O3S. The first-order valence-electron chi connectivity index (χ1n) is 9.34. The van der Waals surface area contributed by atoms with Gasteiger partial charge < -0.3 is 10.3 Å². The number of rotatable bonds is 5. The Kier molecular flexibility index (Phi) is 4.70. The van der Waals surface area contributed by atoms with Gasteiger partial charge in [-0.15, -0.1) is 0 Å². The molecule has 1 amide bonds. The van der Waals surface area contributed by atoms with E-state index in [-0.39, 0.29) is 35.9 Å². The molecule has 0 aliphatic carbocycles. The van der Waals surface area contributed by atoms with Crippen LogP contribution in [0.15, 0.2) is 30.3 Å². The molecule has 1 atom stereocenters. The van der Waals surface area contributed by atoms with Gasteiger partial charge in [0.2, 0.25) is 0 Å². The van der Waals surface area contributed by atoms with Crippen LogP contribution >= 0.6 is 0 Å². The summed E-state index contributed by atoms with van der Waals surface area (Å²) in [6.45, 7) is 4.27. The maximum Gasteiger partial charge on any atom is 0.272 e. The summed E-state index contributed by atoms with van der Waals surface area (Å²) in [7, 11) is -3.03. The van der Waals surface area contributed by atoms with Crippen molar-refractivity contribution < 1.29 is 13.2 Å². The number of aromatic amines is 1. The number of benzene rings is 1. The third-order valence-corrected chi connectivity index (χ3v) is 6.75. The minimum atomic E-state index is -3.03. The van der Waals surface area contributed by atoms with Gasteiger partial charge in [-0.25, -0.2) is 13.4 Å². The summed E-state index contributed by atoms with van der Waals surface area (Å²) in [6.07, 6.45) is 0.532. The van der Waals surface area contributed by atoms with Gasteiger partial charge in [0.25, 0.3) is 5.91 Å². The predicted octanol–water partition coefficient (Wildman–Crippen LogP) is 2.17. The minimum Gasteiger partial charge on any atom is -0.343 e. The van der Waals surface area contributed by atoms with Crippen LogP contribution in [-0.4, -0.2) is 45.6 Å². The molecule has 1 aliphatic heterocycles. The van der Waals surface area contributed by atoms with Gasteiger partial charge in [-0.2, -0.15) is 5.10 Å². The van der Waals surface area contributed by atoms with E-state index < -0.39 is 9.84 Å². The Hall–Kier alpha value is -2.68. The highest BCUT2D eigenvalue weighted by Gasteiger charge is 2.32. The number of hydrogen-bond acceptors (Lipinski definition) is 5. The minimum absolute atomic E-state index is 0.0778. The average Bonchev–Trinajstić information content (AvgIpc) is 3.34. The van der Waals surface area contributed by atoms with Crippen molar-refractivity contribution in [3.8, 4) is 0 Å². The first kappa shape index (κ1) is 18.7. The van der Waals surface area contributed by atoms with E-state index in [4.69, 9.17) is 0 Å². The Morgan fingerprint density at radius 3 is 2.82 bits per heavy atom. The van der Waals surface area contributed by atoms with Crippen LogP contribution in [0.25, 0.3) is 11.0 Å².